The summed E-state index contributed by atoms with van der Waals surface area (Å²) in [5.74, 6) is -1.30. The molecule has 1 aromatic carbocycles. The Kier molecular flexibility index (Phi) is 3.95. The molecule has 0 bridgehead atoms. The molecule has 1 aliphatic rings. The summed E-state index contributed by atoms with van der Waals surface area (Å²) in [5, 5.41) is 10.6. The van der Waals surface area contributed by atoms with Gasteiger partial charge in [-0.05, 0) is 41.4 Å². The van der Waals surface area contributed by atoms with Gasteiger partial charge in [0.25, 0.3) is 0 Å². The van der Waals surface area contributed by atoms with Crippen molar-refractivity contribution in [3.8, 4) is 0 Å². The van der Waals surface area contributed by atoms with Crippen molar-refractivity contribution in [2.75, 3.05) is 0 Å². The summed E-state index contributed by atoms with van der Waals surface area (Å²) >= 11 is 0. The average molecular weight is 268 g/mol. The first kappa shape index (κ1) is 14.4. The Morgan fingerprint density at radius 3 is 2.53 bits per heavy atom. The molecule has 1 aromatic rings. The highest BCUT2D eigenvalue weighted by molar-refractivity contribution is 5.21. The van der Waals surface area contributed by atoms with Gasteiger partial charge in [0, 0.05) is 0 Å². The summed E-state index contributed by atoms with van der Waals surface area (Å²) in [6, 6.07) is 3.70. The fourth-order valence-corrected chi connectivity index (χ4v) is 3.64. The topological polar surface area (TPSA) is 20.2 Å². The maximum atomic E-state index is 13.3. The van der Waals surface area contributed by atoms with Crippen molar-refractivity contribution in [2.24, 2.45) is 17.3 Å². The Morgan fingerprint density at radius 1 is 1.26 bits per heavy atom. The minimum Gasteiger partial charge on any atom is -0.388 e. The minimum absolute atomic E-state index is 0.0158. The van der Waals surface area contributed by atoms with Crippen LogP contribution in [0.3, 0.4) is 0 Å². The van der Waals surface area contributed by atoms with Crippen LogP contribution in [-0.4, -0.2) is 5.11 Å². The Labute approximate surface area is 113 Å². The van der Waals surface area contributed by atoms with Crippen LogP contribution >= 0.6 is 0 Å². The first-order chi connectivity index (χ1) is 8.83. The van der Waals surface area contributed by atoms with Gasteiger partial charge >= 0.3 is 0 Å². The highest BCUT2D eigenvalue weighted by Gasteiger charge is 2.41. The van der Waals surface area contributed by atoms with E-state index in [1.807, 2.05) is 0 Å². The lowest BCUT2D eigenvalue weighted by Gasteiger charge is -2.45. The predicted molar refractivity (Wildman–Crippen MR) is 71.6 cm³/mol. The highest BCUT2D eigenvalue weighted by atomic mass is 19.2. The Bertz CT molecular complexity index is 456. The largest absolute Gasteiger partial charge is 0.388 e. The van der Waals surface area contributed by atoms with Crippen LogP contribution in [0.1, 0.15) is 51.7 Å². The number of hydrogen-bond acceptors (Lipinski definition) is 1. The summed E-state index contributed by atoms with van der Waals surface area (Å²) in [5.41, 5.74) is 0.493. The van der Waals surface area contributed by atoms with E-state index >= 15 is 0 Å². The molecule has 0 aromatic heterocycles. The van der Waals surface area contributed by atoms with Gasteiger partial charge < -0.3 is 5.11 Å². The van der Waals surface area contributed by atoms with Gasteiger partial charge in [0.15, 0.2) is 11.6 Å². The van der Waals surface area contributed by atoms with E-state index in [1.54, 1.807) is 0 Å². The number of benzene rings is 1. The van der Waals surface area contributed by atoms with Crippen molar-refractivity contribution in [3.63, 3.8) is 0 Å². The molecule has 1 unspecified atom stereocenters. The standard InChI is InChI=1S/C16H22F2O/c1-10-5-4-8-16(2,3)14(10)15(19)11-6-7-12(17)13(18)9-11/h6-7,9-10,14-15,19H,4-5,8H2,1-3H3/t10-,14+,15?/m0/s1. The third-order valence-electron chi connectivity index (χ3n) is 4.62. The fourth-order valence-electron chi connectivity index (χ4n) is 3.64. The molecule has 3 atom stereocenters. The molecule has 0 amide bonds. The highest BCUT2D eigenvalue weighted by Crippen LogP contribution is 2.49. The summed E-state index contributed by atoms with van der Waals surface area (Å²) in [7, 11) is 0. The van der Waals surface area contributed by atoms with E-state index in [2.05, 4.69) is 20.8 Å². The lowest BCUT2D eigenvalue weighted by molar-refractivity contribution is -0.0294. The third kappa shape index (κ3) is 2.81. The molecule has 0 saturated heterocycles. The van der Waals surface area contributed by atoms with Crippen LogP contribution in [-0.2, 0) is 0 Å². The molecule has 0 aliphatic heterocycles. The van der Waals surface area contributed by atoms with Crippen molar-refractivity contribution in [1.29, 1.82) is 0 Å². The van der Waals surface area contributed by atoms with E-state index in [-0.39, 0.29) is 11.3 Å². The van der Waals surface area contributed by atoms with Crippen molar-refractivity contribution >= 4 is 0 Å². The first-order valence-electron chi connectivity index (χ1n) is 6.96. The Hall–Kier alpha value is -0.960. The summed E-state index contributed by atoms with van der Waals surface area (Å²) in [4.78, 5) is 0. The van der Waals surface area contributed by atoms with Crippen LogP contribution < -0.4 is 0 Å². The molecular weight excluding hydrogens is 246 g/mol. The fraction of sp³-hybridized carbons (Fsp3) is 0.625. The van der Waals surface area contributed by atoms with Crippen molar-refractivity contribution in [2.45, 2.75) is 46.1 Å². The molecule has 19 heavy (non-hydrogen) atoms. The molecule has 1 fully saturated rings. The second kappa shape index (κ2) is 5.20. The molecule has 0 radical (unpaired) electrons. The van der Waals surface area contributed by atoms with Crippen LogP contribution in [0.15, 0.2) is 18.2 Å². The summed E-state index contributed by atoms with van der Waals surface area (Å²) in [6.07, 6.45) is 2.56. The van der Waals surface area contributed by atoms with E-state index in [9.17, 15) is 13.9 Å². The van der Waals surface area contributed by atoms with Crippen molar-refractivity contribution in [1.82, 2.24) is 0 Å². The second-order valence-corrected chi connectivity index (χ2v) is 6.50. The monoisotopic (exact) mass is 268 g/mol. The SMILES string of the molecule is C[C@H]1CCCC(C)(C)[C@H]1C(O)c1ccc(F)c(F)c1. The zero-order chi connectivity index (χ0) is 14.2. The molecular formula is C16H22F2O. The molecule has 2 rings (SSSR count). The Balaban J connectivity index is 2.30. The van der Waals surface area contributed by atoms with Gasteiger partial charge in [-0.15, -0.1) is 0 Å². The second-order valence-electron chi connectivity index (χ2n) is 6.50. The van der Waals surface area contributed by atoms with E-state index in [0.29, 0.717) is 11.5 Å². The number of hydrogen-bond donors (Lipinski definition) is 1. The predicted octanol–water partition coefficient (Wildman–Crippen LogP) is 4.46. The summed E-state index contributed by atoms with van der Waals surface area (Å²) < 4.78 is 26.3. The van der Waals surface area contributed by atoms with Crippen molar-refractivity contribution < 1.29 is 13.9 Å². The molecule has 1 nitrogen and oxygen atoms in total. The Morgan fingerprint density at radius 2 is 1.95 bits per heavy atom. The van der Waals surface area contributed by atoms with Crippen LogP contribution in [0.5, 0.6) is 0 Å². The number of aliphatic hydroxyl groups excluding tert-OH is 1. The lowest BCUT2D eigenvalue weighted by Crippen LogP contribution is -2.38. The van der Waals surface area contributed by atoms with E-state index < -0.39 is 17.7 Å². The maximum Gasteiger partial charge on any atom is 0.159 e. The minimum atomic E-state index is -0.891. The average Bonchev–Trinajstić information content (AvgIpc) is 2.31. The van der Waals surface area contributed by atoms with E-state index in [0.717, 1.165) is 31.4 Å². The van der Waals surface area contributed by atoms with Gasteiger partial charge in [-0.1, -0.05) is 39.7 Å². The first-order valence-corrected chi connectivity index (χ1v) is 6.96. The van der Waals surface area contributed by atoms with Gasteiger partial charge in [-0.3, -0.25) is 0 Å². The molecule has 1 N–H and O–H groups in total. The van der Waals surface area contributed by atoms with Crippen LogP contribution in [0.25, 0.3) is 0 Å². The molecule has 1 saturated carbocycles. The maximum absolute atomic E-state index is 13.3. The third-order valence-corrected chi connectivity index (χ3v) is 4.62. The molecule has 0 spiro atoms. The van der Waals surface area contributed by atoms with Gasteiger partial charge in [0.2, 0.25) is 0 Å². The van der Waals surface area contributed by atoms with E-state index in [4.69, 9.17) is 0 Å². The van der Waals surface area contributed by atoms with Gasteiger partial charge in [-0.25, -0.2) is 8.78 Å². The quantitative estimate of drug-likeness (QED) is 0.839. The van der Waals surface area contributed by atoms with Crippen molar-refractivity contribution in [3.05, 3.63) is 35.4 Å². The molecule has 3 heteroatoms. The zero-order valence-corrected chi connectivity index (χ0v) is 11.8. The van der Waals surface area contributed by atoms with E-state index in [1.165, 1.54) is 6.07 Å². The van der Waals surface area contributed by atoms with Gasteiger partial charge in [0.1, 0.15) is 0 Å². The van der Waals surface area contributed by atoms with Crippen LogP contribution in [0.4, 0.5) is 8.78 Å². The molecule has 0 heterocycles. The van der Waals surface area contributed by atoms with Crippen LogP contribution in [0, 0.1) is 28.9 Å². The number of rotatable bonds is 2. The van der Waals surface area contributed by atoms with Gasteiger partial charge in [0.05, 0.1) is 6.10 Å². The zero-order valence-electron chi connectivity index (χ0n) is 11.8. The summed E-state index contributed by atoms with van der Waals surface area (Å²) in [6.45, 7) is 6.43. The number of aliphatic hydroxyl groups is 1. The normalized spacial score (nSPS) is 28.1. The molecule has 106 valence electrons. The van der Waals surface area contributed by atoms with Gasteiger partial charge in [-0.2, -0.15) is 0 Å². The lowest BCUT2D eigenvalue weighted by atomic mass is 9.61. The number of halogens is 2. The molecule has 1 aliphatic carbocycles. The van der Waals surface area contributed by atoms with Crippen LogP contribution in [0.2, 0.25) is 0 Å². The smallest absolute Gasteiger partial charge is 0.159 e.